The minimum atomic E-state index is -0.897. The molecule has 5 heteroatoms. The fraction of sp³-hybridized carbons (Fsp3) is 0.125. The number of rotatable bonds is 5. The molecule has 4 rings (SSSR count). The standard InChI is InChI=1S/C24H20F2N2O/c1-15-3-5-17(6-4-15)14-29-23-10-8-18(11-16(23)2)22-13-27-24(28-22)19-7-9-20(25)21(26)12-19/h3-13H,14H2,1-2H3,(H,27,28). The maximum atomic E-state index is 13.5. The van der Waals surface area contributed by atoms with Crippen molar-refractivity contribution in [2.24, 2.45) is 0 Å². The molecular weight excluding hydrogens is 370 g/mol. The molecule has 0 bridgehead atoms. The van der Waals surface area contributed by atoms with Gasteiger partial charge in [-0.05, 0) is 61.4 Å². The van der Waals surface area contributed by atoms with Gasteiger partial charge in [0.05, 0.1) is 5.69 Å². The highest BCUT2D eigenvalue weighted by Crippen LogP contribution is 2.28. The molecule has 0 fully saturated rings. The summed E-state index contributed by atoms with van der Waals surface area (Å²) in [7, 11) is 0. The summed E-state index contributed by atoms with van der Waals surface area (Å²) >= 11 is 0. The van der Waals surface area contributed by atoms with E-state index in [1.165, 1.54) is 11.6 Å². The molecule has 0 radical (unpaired) electrons. The van der Waals surface area contributed by atoms with Gasteiger partial charge in [-0.3, -0.25) is 0 Å². The monoisotopic (exact) mass is 390 g/mol. The van der Waals surface area contributed by atoms with Crippen LogP contribution in [0, 0.1) is 25.5 Å². The molecule has 0 amide bonds. The fourth-order valence-corrected chi connectivity index (χ4v) is 3.08. The Morgan fingerprint density at radius 2 is 1.62 bits per heavy atom. The topological polar surface area (TPSA) is 37.9 Å². The predicted molar refractivity (Wildman–Crippen MR) is 110 cm³/mol. The van der Waals surface area contributed by atoms with Crippen LogP contribution >= 0.6 is 0 Å². The van der Waals surface area contributed by atoms with Crippen LogP contribution in [0.1, 0.15) is 16.7 Å². The quantitative estimate of drug-likeness (QED) is 0.439. The number of aryl methyl sites for hydroxylation is 2. The molecule has 0 unspecified atom stereocenters. The van der Waals surface area contributed by atoms with Crippen molar-refractivity contribution in [3.8, 4) is 28.4 Å². The van der Waals surface area contributed by atoms with Crippen LogP contribution in [0.5, 0.6) is 5.75 Å². The van der Waals surface area contributed by atoms with Crippen LogP contribution in [0.4, 0.5) is 8.78 Å². The Labute approximate surface area is 168 Å². The highest BCUT2D eigenvalue weighted by Gasteiger charge is 2.10. The normalized spacial score (nSPS) is 10.9. The zero-order chi connectivity index (χ0) is 20.4. The lowest BCUT2D eigenvalue weighted by Gasteiger charge is -2.10. The third-order valence-electron chi connectivity index (χ3n) is 4.76. The number of hydrogen-bond acceptors (Lipinski definition) is 2. The number of aromatic amines is 1. The smallest absolute Gasteiger partial charge is 0.159 e. The Bertz CT molecular complexity index is 1150. The molecular formula is C24H20F2N2O. The van der Waals surface area contributed by atoms with Crippen LogP contribution in [-0.4, -0.2) is 9.97 Å². The predicted octanol–water partition coefficient (Wildman–Crippen LogP) is 6.22. The Balaban J connectivity index is 1.51. The molecule has 1 aromatic heterocycles. The molecule has 0 saturated heterocycles. The van der Waals surface area contributed by atoms with Gasteiger partial charge < -0.3 is 9.72 Å². The molecule has 1 heterocycles. The van der Waals surface area contributed by atoms with Gasteiger partial charge in [0.25, 0.3) is 0 Å². The summed E-state index contributed by atoms with van der Waals surface area (Å²) in [5.41, 5.74) is 5.45. The number of halogens is 2. The van der Waals surface area contributed by atoms with E-state index in [0.29, 0.717) is 18.0 Å². The van der Waals surface area contributed by atoms with Crippen molar-refractivity contribution >= 4 is 0 Å². The molecule has 146 valence electrons. The van der Waals surface area contributed by atoms with E-state index >= 15 is 0 Å². The van der Waals surface area contributed by atoms with E-state index in [0.717, 1.165) is 40.3 Å². The summed E-state index contributed by atoms with van der Waals surface area (Å²) in [5.74, 6) is -0.481. The molecule has 3 nitrogen and oxygen atoms in total. The van der Waals surface area contributed by atoms with Crippen molar-refractivity contribution in [2.75, 3.05) is 0 Å². The van der Waals surface area contributed by atoms with Gasteiger partial charge in [0.15, 0.2) is 11.6 Å². The van der Waals surface area contributed by atoms with Gasteiger partial charge in [0.2, 0.25) is 0 Å². The Kier molecular flexibility index (Phi) is 5.12. The largest absolute Gasteiger partial charge is 0.489 e. The van der Waals surface area contributed by atoms with E-state index < -0.39 is 11.6 Å². The van der Waals surface area contributed by atoms with Gasteiger partial charge >= 0.3 is 0 Å². The fourth-order valence-electron chi connectivity index (χ4n) is 3.08. The minimum Gasteiger partial charge on any atom is -0.489 e. The number of H-pyrrole nitrogens is 1. The molecule has 4 aromatic rings. The Hall–Kier alpha value is -3.47. The zero-order valence-corrected chi connectivity index (χ0v) is 16.2. The third kappa shape index (κ3) is 4.19. The lowest BCUT2D eigenvalue weighted by Crippen LogP contribution is -1.97. The molecule has 0 aliphatic rings. The van der Waals surface area contributed by atoms with Crippen molar-refractivity contribution in [1.29, 1.82) is 0 Å². The summed E-state index contributed by atoms with van der Waals surface area (Å²) < 4.78 is 32.6. The zero-order valence-electron chi connectivity index (χ0n) is 16.2. The summed E-state index contributed by atoms with van der Waals surface area (Å²) in [5, 5.41) is 0. The molecule has 0 atom stereocenters. The second-order valence-corrected chi connectivity index (χ2v) is 7.02. The third-order valence-corrected chi connectivity index (χ3v) is 4.76. The second kappa shape index (κ2) is 7.87. The first-order valence-corrected chi connectivity index (χ1v) is 9.30. The van der Waals surface area contributed by atoms with Crippen LogP contribution in [0.15, 0.2) is 66.9 Å². The van der Waals surface area contributed by atoms with Gasteiger partial charge in [-0.2, -0.15) is 0 Å². The SMILES string of the molecule is Cc1ccc(COc2ccc(-c3c[nH]c(-c4ccc(F)c(F)c4)n3)cc2C)cc1. The number of hydrogen-bond donors (Lipinski definition) is 1. The van der Waals surface area contributed by atoms with E-state index in [1.54, 1.807) is 6.20 Å². The van der Waals surface area contributed by atoms with E-state index in [2.05, 4.69) is 41.2 Å². The maximum Gasteiger partial charge on any atom is 0.159 e. The van der Waals surface area contributed by atoms with E-state index in [4.69, 9.17) is 4.74 Å². The van der Waals surface area contributed by atoms with Crippen molar-refractivity contribution in [3.63, 3.8) is 0 Å². The first-order chi connectivity index (χ1) is 14.0. The molecule has 0 saturated carbocycles. The number of ether oxygens (including phenoxy) is 1. The number of nitrogens with one attached hydrogen (secondary N) is 1. The summed E-state index contributed by atoms with van der Waals surface area (Å²) in [6.07, 6.45) is 1.75. The van der Waals surface area contributed by atoms with Gasteiger partial charge in [-0.1, -0.05) is 29.8 Å². The molecule has 0 aliphatic carbocycles. The van der Waals surface area contributed by atoms with Crippen molar-refractivity contribution in [1.82, 2.24) is 9.97 Å². The molecule has 0 aliphatic heterocycles. The number of benzene rings is 3. The van der Waals surface area contributed by atoms with E-state index in [1.807, 2.05) is 25.1 Å². The van der Waals surface area contributed by atoms with Gasteiger partial charge in [0.1, 0.15) is 18.2 Å². The van der Waals surface area contributed by atoms with Crippen LogP contribution in [-0.2, 0) is 6.61 Å². The average Bonchev–Trinajstić information content (AvgIpc) is 3.20. The first kappa shape index (κ1) is 18.9. The van der Waals surface area contributed by atoms with Crippen molar-refractivity contribution < 1.29 is 13.5 Å². The Morgan fingerprint density at radius 3 is 2.34 bits per heavy atom. The summed E-state index contributed by atoms with van der Waals surface area (Å²) in [6, 6.07) is 17.8. The molecule has 0 spiro atoms. The summed E-state index contributed by atoms with van der Waals surface area (Å²) in [4.78, 5) is 7.53. The van der Waals surface area contributed by atoms with E-state index in [9.17, 15) is 8.78 Å². The Morgan fingerprint density at radius 1 is 0.862 bits per heavy atom. The van der Waals surface area contributed by atoms with Gasteiger partial charge in [-0.25, -0.2) is 13.8 Å². The molecule has 3 aromatic carbocycles. The lowest BCUT2D eigenvalue weighted by atomic mass is 10.1. The number of nitrogens with zero attached hydrogens (tertiary/aromatic N) is 1. The van der Waals surface area contributed by atoms with Gasteiger partial charge in [-0.15, -0.1) is 0 Å². The number of imidazole rings is 1. The highest BCUT2D eigenvalue weighted by molar-refractivity contribution is 5.66. The minimum absolute atomic E-state index is 0.483. The van der Waals surface area contributed by atoms with Crippen molar-refractivity contribution in [2.45, 2.75) is 20.5 Å². The van der Waals surface area contributed by atoms with Crippen LogP contribution in [0.25, 0.3) is 22.6 Å². The highest BCUT2D eigenvalue weighted by atomic mass is 19.2. The van der Waals surface area contributed by atoms with Crippen LogP contribution < -0.4 is 4.74 Å². The number of aromatic nitrogens is 2. The average molecular weight is 390 g/mol. The first-order valence-electron chi connectivity index (χ1n) is 9.30. The van der Waals surface area contributed by atoms with Crippen LogP contribution in [0.3, 0.4) is 0 Å². The summed E-state index contributed by atoms with van der Waals surface area (Å²) in [6.45, 7) is 4.54. The second-order valence-electron chi connectivity index (χ2n) is 7.02. The lowest BCUT2D eigenvalue weighted by molar-refractivity contribution is 0.304. The van der Waals surface area contributed by atoms with Gasteiger partial charge in [0, 0.05) is 17.3 Å². The van der Waals surface area contributed by atoms with E-state index in [-0.39, 0.29) is 0 Å². The van der Waals surface area contributed by atoms with Crippen molar-refractivity contribution in [3.05, 3.63) is 95.2 Å². The maximum absolute atomic E-state index is 13.5. The molecule has 29 heavy (non-hydrogen) atoms. The molecule has 1 N–H and O–H groups in total. The van der Waals surface area contributed by atoms with Crippen LogP contribution in [0.2, 0.25) is 0 Å².